The van der Waals surface area contributed by atoms with Crippen molar-refractivity contribution in [1.82, 2.24) is 4.90 Å². The van der Waals surface area contributed by atoms with E-state index in [2.05, 4.69) is 4.99 Å². The van der Waals surface area contributed by atoms with Gasteiger partial charge in [0.2, 0.25) is 0 Å². The van der Waals surface area contributed by atoms with Gasteiger partial charge in [0.1, 0.15) is 0 Å². The summed E-state index contributed by atoms with van der Waals surface area (Å²) in [6.45, 7) is 0.487. The van der Waals surface area contributed by atoms with E-state index in [-0.39, 0.29) is 6.61 Å². The van der Waals surface area contributed by atoms with Gasteiger partial charge in [-0.15, -0.1) is 0 Å². The molecule has 1 aliphatic heterocycles. The van der Waals surface area contributed by atoms with E-state index in [1.807, 2.05) is 0 Å². The van der Waals surface area contributed by atoms with Gasteiger partial charge in [0.05, 0.1) is 11.6 Å². The molecule has 1 heterocycles. The lowest BCUT2D eigenvalue weighted by molar-refractivity contribution is 0.228. The molecule has 0 radical (unpaired) electrons. The van der Waals surface area contributed by atoms with E-state index in [4.69, 9.17) is 28.3 Å². The molecule has 1 aliphatic rings. The van der Waals surface area contributed by atoms with Crippen molar-refractivity contribution in [3.05, 3.63) is 11.2 Å². The van der Waals surface area contributed by atoms with Crippen molar-refractivity contribution in [3.8, 4) is 0 Å². The maximum absolute atomic E-state index is 8.60. The molecule has 1 rings (SSSR count). The number of allylic oxidation sites excluding steroid dienone is 1. The Morgan fingerprint density at radius 3 is 3.09 bits per heavy atom. The third-order valence-electron chi connectivity index (χ3n) is 1.24. The van der Waals surface area contributed by atoms with Crippen LogP contribution in [-0.4, -0.2) is 35.0 Å². The molecule has 1 N–H and O–H groups in total. The Balaban J connectivity index is 2.58. The first-order valence-corrected chi connectivity index (χ1v) is 3.96. The minimum atomic E-state index is -0.440. The van der Waals surface area contributed by atoms with Gasteiger partial charge in [-0.05, 0) is 0 Å². The van der Waals surface area contributed by atoms with Gasteiger partial charge in [0.25, 0.3) is 0 Å². The fraction of sp³-hybridized carbons (Fsp3) is 0.500. The number of nitrogens with zero attached hydrogens (tertiary/aromatic N) is 2. The number of β-amino-alcohol motifs (C(OH)–C–C–N with tert-alkyl or cyclic N) is 1. The predicted octanol–water partition coefficient (Wildman–Crippen LogP) is 0.968. The van der Waals surface area contributed by atoms with Crippen LogP contribution in [-0.2, 0) is 0 Å². The molecule has 0 bridgehead atoms. The smallest absolute Gasteiger partial charge is 0.197 e. The normalized spacial score (nSPS) is 23.7. The highest BCUT2D eigenvalue weighted by atomic mass is 35.5. The van der Waals surface area contributed by atoms with Crippen molar-refractivity contribution in [2.24, 2.45) is 4.99 Å². The lowest BCUT2D eigenvalue weighted by Gasteiger charge is -2.24. The van der Waals surface area contributed by atoms with E-state index < -0.39 is 5.62 Å². The Labute approximate surface area is 74.9 Å². The maximum Gasteiger partial charge on any atom is 0.197 e. The van der Waals surface area contributed by atoms with E-state index in [0.29, 0.717) is 11.6 Å². The number of aliphatic hydroxyl groups excluding tert-OH is 1. The van der Waals surface area contributed by atoms with Crippen LogP contribution in [0.2, 0.25) is 0 Å². The molecule has 0 saturated heterocycles. The molecule has 0 aliphatic carbocycles. The topological polar surface area (TPSA) is 35.8 Å². The second kappa shape index (κ2) is 3.95. The summed E-state index contributed by atoms with van der Waals surface area (Å²) in [6.07, 6.45) is 3.15. The van der Waals surface area contributed by atoms with Gasteiger partial charge < -0.3 is 10.0 Å². The molecule has 62 valence electrons. The first kappa shape index (κ1) is 8.84. The van der Waals surface area contributed by atoms with Gasteiger partial charge in [0.15, 0.2) is 5.62 Å². The van der Waals surface area contributed by atoms with Gasteiger partial charge in [-0.1, -0.05) is 23.2 Å². The largest absolute Gasteiger partial charge is 0.395 e. The van der Waals surface area contributed by atoms with Gasteiger partial charge in [-0.25, -0.2) is 0 Å². The van der Waals surface area contributed by atoms with Crippen molar-refractivity contribution in [2.75, 3.05) is 13.2 Å². The van der Waals surface area contributed by atoms with E-state index >= 15 is 0 Å². The third kappa shape index (κ3) is 2.36. The second-order valence-corrected chi connectivity index (χ2v) is 2.89. The molecule has 1 atom stereocenters. The summed E-state index contributed by atoms with van der Waals surface area (Å²) in [6, 6.07) is 0. The second-order valence-electron chi connectivity index (χ2n) is 2.06. The first-order valence-electron chi connectivity index (χ1n) is 3.15. The third-order valence-corrected chi connectivity index (χ3v) is 1.80. The summed E-state index contributed by atoms with van der Waals surface area (Å²) in [5.74, 6) is 0. The summed E-state index contributed by atoms with van der Waals surface area (Å²) in [4.78, 5) is 5.52. The van der Waals surface area contributed by atoms with Crippen LogP contribution in [0.5, 0.6) is 0 Å². The van der Waals surface area contributed by atoms with Crippen LogP contribution in [0.3, 0.4) is 0 Å². The standard InChI is InChI=1S/C6H8Cl2N2O/c7-5-3-9-6(8)10(4-5)1-2-11/h3-4,6,11H,1-2H2. The van der Waals surface area contributed by atoms with Gasteiger partial charge in [0, 0.05) is 19.0 Å². The zero-order valence-corrected chi connectivity index (χ0v) is 7.26. The van der Waals surface area contributed by atoms with Gasteiger partial charge in [-0.3, -0.25) is 4.99 Å². The lowest BCUT2D eigenvalue weighted by Crippen LogP contribution is -2.30. The minimum absolute atomic E-state index is 0.0411. The van der Waals surface area contributed by atoms with Crippen molar-refractivity contribution in [1.29, 1.82) is 0 Å². The zero-order chi connectivity index (χ0) is 8.27. The Bertz CT molecular complexity index is 193. The highest BCUT2D eigenvalue weighted by molar-refractivity contribution is 6.39. The average molecular weight is 195 g/mol. The van der Waals surface area contributed by atoms with E-state index in [1.165, 1.54) is 6.21 Å². The molecule has 0 fully saturated rings. The molecule has 0 amide bonds. The summed E-state index contributed by atoms with van der Waals surface area (Å²) < 4.78 is 0. The molecular formula is C6H8Cl2N2O. The van der Waals surface area contributed by atoms with Gasteiger partial charge >= 0.3 is 0 Å². The van der Waals surface area contributed by atoms with Crippen LogP contribution in [0.4, 0.5) is 0 Å². The molecule has 0 aromatic heterocycles. The van der Waals surface area contributed by atoms with Gasteiger partial charge in [-0.2, -0.15) is 0 Å². The molecule has 0 saturated carbocycles. The fourth-order valence-corrected chi connectivity index (χ4v) is 1.15. The number of hydrogen-bond donors (Lipinski definition) is 1. The maximum atomic E-state index is 8.60. The SMILES string of the molecule is OCCN1C=C(Cl)C=NC1Cl. The molecule has 11 heavy (non-hydrogen) atoms. The van der Waals surface area contributed by atoms with Crippen LogP contribution in [0.1, 0.15) is 0 Å². The monoisotopic (exact) mass is 194 g/mol. The average Bonchev–Trinajstić information content (AvgIpc) is 1.98. The molecular weight excluding hydrogens is 187 g/mol. The van der Waals surface area contributed by atoms with Crippen LogP contribution >= 0.6 is 23.2 Å². The van der Waals surface area contributed by atoms with Crippen LogP contribution in [0.25, 0.3) is 0 Å². The highest BCUT2D eigenvalue weighted by Gasteiger charge is 2.13. The molecule has 0 aromatic rings. The quantitative estimate of drug-likeness (QED) is 0.526. The predicted molar refractivity (Wildman–Crippen MR) is 45.9 cm³/mol. The Hall–Kier alpha value is -0.250. The Morgan fingerprint density at radius 1 is 1.73 bits per heavy atom. The molecule has 5 heteroatoms. The lowest BCUT2D eigenvalue weighted by atomic mass is 10.5. The van der Waals surface area contributed by atoms with Crippen molar-refractivity contribution in [3.63, 3.8) is 0 Å². The number of aliphatic imine (C=N–C) groups is 1. The number of aliphatic hydroxyl groups is 1. The van der Waals surface area contributed by atoms with Crippen LogP contribution in [0.15, 0.2) is 16.2 Å². The van der Waals surface area contributed by atoms with E-state index in [0.717, 1.165) is 0 Å². The van der Waals surface area contributed by atoms with Crippen molar-refractivity contribution < 1.29 is 5.11 Å². The van der Waals surface area contributed by atoms with Crippen LogP contribution < -0.4 is 0 Å². The Morgan fingerprint density at radius 2 is 2.45 bits per heavy atom. The summed E-state index contributed by atoms with van der Waals surface area (Å²) in [7, 11) is 0. The number of rotatable bonds is 2. The minimum Gasteiger partial charge on any atom is -0.395 e. The highest BCUT2D eigenvalue weighted by Crippen LogP contribution is 2.14. The number of hydrogen-bond acceptors (Lipinski definition) is 3. The van der Waals surface area contributed by atoms with Crippen molar-refractivity contribution >= 4 is 29.4 Å². The van der Waals surface area contributed by atoms with Crippen LogP contribution in [0, 0.1) is 0 Å². The molecule has 0 aromatic carbocycles. The summed E-state index contributed by atoms with van der Waals surface area (Å²) >= 11 is 11.4. The summed E-state index contributed by atoms with van der Waals surface area (Å²) in [5, 5.41) is 9.12. The van der Waals surface area contributed by atoms with E-state index in [1.54, 1.807) is 11.1 Å². The number of alkyl halides is 1. The zero-order valence-electron chi connectivity index (χ0n) is 5.74. The molecule has 0 spiro atoms. The molecule has 3 nitrogen and oxygen atoms in total. The Kier molecular flexibility index (Phi) is 3.17. The first-order chi connectivity index (χ1) is 5.24. The summed E-state index contributed by atoms with van der Waals surface area (Å²) in [5.41, 5.74) is -0.440. The number of halogens is 2. The fourth-order valence-electron chi connectivity index (χ4n) is 0.758. The van der Waals surface area contributed by atoms with Crippen molar-refractivity contribution in [2.45, 2.75) is 5.62 Å². The molecule has 1 unspecified atom stereocenters. The van der Waals surface area contributed by atoms with E-state index in [9.17, 15) is 0 Å².